The van der Waals surface area contributed by atoms with Crippen LogP contribution in [-0.2, 0) is 14.2 Å². The van der Waals surface area contributed by atoms with Crippen LogP contribution in [0.15, 0.2) is 12.2 Å². The zero-order chi connectivity index (χ0) is 10.6. The van der Waals surface area contributed by atoms with Crippen molar-refractivity contribution in [1.29, 1.82) is 0 Å². The zero-order valence-corrected chi connectivity index (χ0v) is 9.54. The smallest absolute Gasteiger partial charge is 0.315 e. The maximum atomic E-state index is 5.35. The van der Waals surface area contributed by atoms with E-state index in [9.17, 15) is 0 Å². The summed E-state index contributed by atoms with van der Waals surface area (Å²) in [6.07, 6.45) is 4.50. The number of hydrogen-bond acceptors (Lipinski definition) is 3. The van der Waals surface area contributed by atoms with Crippen molar-refractivity contribution in [2.75, 3.05) is 19.8 Å². The molecule has 0 aromatic heterocycles. The van der Waals surface area contributed by atoms with Gasteiger partial charge in [0, 0.05) is 0 Å². The Hall–Kier alpha value is -0.860. The third-order valence-electron chi connectivity index (χ3n) is 1.40. The van der Waals surface area contributed by atoms with Gasteiger partial charge in [-0.15, -0.1) is 0 Å². The second-order valence-electron chi connectivity index (χ2n) is 3.00. The Bertz CT molecular complexity index is 133. The highest BCUT2D eigenvalue weighted by Gasteiger charge is 1.98. The summed E-state index contributed by atoms with van der Waals surface area (Å²) in [5, 5.41) is 0. The SMILES string of the molecule is CCCOC=C(OCCC)OCCC. The lowest BCUT2D eigenvalue weighted by Gasteiger charge is -2.10. The fourth-order valence-corrected chi connectivity index (χ4v) is 0.760. The molecule has 0 saturated carbocycles. The minimum absolute atomic E-state index is 0.502. The minimum atomic E-state index is 0.502. The van der Waals surface area contributed by atoms with Gasteiger partial charge in [-0.1, -0.05) is 20.8 Å². The third kappa shape index (κ3) is 7.77. The fourth-order valence-electron chi connectivity index (χ4n) is 0.760. The highest BCUT2D eigenvalue weighted by Crippen LogP contribution is 2.02. The van der Waals surface area contributed by atoms with E-state index in [1.165, 1.54) is 0 Å². The van der Waals surface area contributed by atoms with Crippen LogP contribution in [0.5, 0.6) is 0 Å². The predicted octanol–water partition coefficient (Wildman–Crippen LogP) is 3.07. The highest BCUT2D eigenvalue weighted by molar-refractivity contribution is 4.75. The van der Waals surface area contributed by atoms with E-state index in [4.69, 9.17) is 14.2 Å². The predicted molar refractivity (Wildman–Crippen MR) is 56.8 cm³/mol. The monoisotopic (exact) mass is 202 g/mol. The molecule has 0 amide bonds. The van der Waals surface area contributed by atoms with Crippen LogP contribution in [0.2, 0.25) is 0 Å². The van der Waals surface area contributed by atoms with Crippen molar-refractivity contribution in [2.45, 2.75) is 40.0 Å². The molecule has 0 aromatic carbocycles. The van der Waals surface area contributed by atoms with Crippen LogP contribution in [0.1, 0.15) is 40.0 Å². The minimum Gasteiger partial charge on any atom is -0.494 e. The first-order valence-electron chi connectivity index (χ1n) is 5.42. The Morgan fingerprint density at radius 3 is 1.79 bits per heavy atom. The average Bonchev–Trinajstić information content (AvgIpc) is 2.21. The second-order valence-corrected chi connectivity index (χ2v) is 3.00. The van der Waals surface area contributed by atoms with Crippen LogP contribution in [0.3, 0.4) is 0 Å². The number of rotatable bonds is 9. The van der Waals surface area contributed by atoms with Crippen molar-refractivity contribution in [1.82, 2.24) is 0 Å². The van der Waals surface area contributed by atoms with Crippen LogP contribution in [0.25, 0.3) is 0 Å². The lowest BCUT2D eigenvalue weighted by atomic mass is 10.5. The van der Waals surface area contributed by atoms with E-state index in [0.717, 1.165) is 19.3 Å². The van der Waals surface area contributed by atoms with E-state index in [1.807, 2.05) is 0 Å². The summed E-state index contributed by atoms with van der Waals surface area (Å²) in [6.45, 7) is 8.23. The highest BCUT2D eigenvalue weighted by atomic mass is 16.7. The molecule has 84 valence electrons. The Kier molecular flexibility index (Phi) is 9.59. The van der Waals surface area contributed by atoms with Crippen molar-refractivity contribution >= 4 is 0 Å². The summed E-state index contributed by atoms with van der Waals surface area (Å²) in [4.78, 5) is 0. The Morgan fingerprint density at radius 2 is 1.36 bits per heavy atom. The van der Waals surface area contributed by atoms with Crippen LogP contribution in [0.4, 0.5) is 0 Å². The quantitative estimate of drug-likeness (QED) is 0.425. The molecule has 14 heavy (non-hydrogen) atoms. The molecule has 0 N–H and O–H groups in total. The molecule has 0 aliphatic heterocycles. The first-order chi connectivity index (χ1) is 6.85. The summed E-state index contributed by atoms with van der Waals surface area (Å²) >= 11 is 0. The molecule has 3 heteroatoms. The van der Waals surface area contributed by atoms with Crippen molar-refractivity contribution in [2.24, 2.45) is 0 Å². The molecule has 0 heterocycles. The molecule has 0 aliphatic rings. The first-order valence-corrected chi connectivity index (χ1v) is 5.42. The molecule has 0 saturated heterocycles. The van der Waals surface area contributed by atoms with Gasteiger partial charge in [0.1, 0.15) is 0 Å². The van der Waals surface area contributed by atoms with E-state index in [0.29, 0.717) is 25.8 Å². The van der Waals surface area contributed by atoms with Gasteiger partial charge in [-0.25, -0.2) is 0 Å². The van der Waals surface area contributed by atoms with Crippen molar-refractivity contribution < 1.29 is 14.2 Å². The van der Waals surface area contributed by atoms with Gasteiger partial charge < -0.3 is 14.2 Å². The zero-order valence-electron chi connectivity index (χ0n) is 9.54. The van der Waals surface area contributed by atoms with Gasteiger partial charge in [-0.05, 0) is 19.3 Å². The molecule has 0 aliphatic carbocycles. The molecule has 3 nitrogen and oxygen atoms in total. The van der Waals surface area contributed by atoms with Gasteiger partial charge in [-0.2, -0.15) is 0 Å². The second kappa shape index (κ2) is 10.2. The lowest BCUT2D eigenvalue weighted by Crippen LogP contribution is -2.01. The molecule has 0 fully saturated rings. The molecule has 0 radical (unpaired) electrons. The normalized spacial score (nSPS) is 9.36. The van der Waals surface area contributed by atoms with Crippen LogP contribution in [0, 0.1) is 0 Å². The lowest BCUT2D eigenvalue weighted by molar-refractivity contribution is 0.0217. The van der Waals surface area contributed by atoms with Crippen LogP contribution >= 0.6 is 0 Å². The molecular formula is C11H22O3. The molecule has 0 spiro atoms. The number of hydrogen-bond donors (Lipinski definition) is 0. The van der Waals surface area contributed by atoms with Gasteiger partial charge in [0.2, 0.25) is 0 Å². The molecule has 0 atom stereocenters. The summed E-state index contributed by atoms with van der Waals surface area (Å²) in [5.41, 5.74) is 0. The van der Waals surface area contributed by atoms with Crippen molar-refractivity contribution in [3.05, 3.63) is 12.2 Å². The van der Waals surface area contributed by atoms with Gasteiger partial charge >= 0.3 is 5.95 Å². The topological polar surface area (TPSA) is 27.7 Å². The largest absolute Gasteiger partial charge is 0.494 e. The number of ether oxygens (including phenoxy) is 3. The van der Waals surface area contributed by atoms with Crippen molar-refractivity contribution in [3.8, 4) is 0 Å². The van der Waals surface area contributed by atoms with E-state index >= 15 is 0 Å². The fraction of sp³-hybridized carbons (Fsp3) is 0.818. The van der Waals surface area contributed by atoms with Gasteiger partial charge in [0.05, 0.1) is 19.8 Å². The van der Waals surface area contributed by atoms with E-state index in [-0.39, 0.29) is 0 Å². The summed E-state index contributed by atoms with van der Waals surface area (Å²) in [6, 6.07) is 0. The molecule has 0 aromatic rings. The maximum Gasteiger partial charge on any atom is 0.315 e. The van der Waals surface area contributed by atoms with Crippen molar-refractivity contribution in [3.63, 3.8) is 0 Å². The molecule has 0 unspecified atom stereocenters. The summed E-state index contributed by atoms with van der Waals surface area (Å²) in [7, 11) is 0. The first kappa shape index (κ1) is 13.1. The van der Waals surface area contributed by atoms with Gasteiger partial charge in [-0.3, -0.25) is 0 Å². The Labute approximate surface area is 87.0 Å². The standard InChI is InChI=1S/C11H22O3/c1-4-7-12-10-11(13-8-5-2)14-9-6-3/h10H,4-9H2,1-3H3. The molecule has 0 rings (SSSR count). The molecular weight excluding hydrogens is 180 g/mol. The molecule has 0 bridgehead atoms. The summed E-state index contributed by atoms with van der Waals surface area (Å²) < 4.78 is 15.9. The summed E-state index contributed by atoms with van der Waals surface area (Å²) in [5.74, 6) is 0.502. The maximum absolute atomic E-state index is 5.35. The average molecular weight is 202 g/mol. The van der Waals surface area contributed by atoms with Crippen LogP contribution < -0.4 is 0 Å². The van der Waals surface area contributed by atoms with E-state index < -0.39 is 0 Å². The van der Waals surface area contributed by atoms with Crippen LogP contribution in [-0.4, -0.2) is 19.8 Å². The van der Waals surface area contributed by atoms with E-state index in [2.05, 4.69) is 20.8 Å². The Morgan fingerprint density at radius 1 is 0.857 bits per heavy atom. The van der Waals surface area contributed by atoms with E-state index in [1.54, 1.807) is 6.26 Å². The Balaban J connectivity index is 3.75. The third-order valence-corrected chi connectivity index (χ3v) is 1.40. The van der Waals surface area contributed by atoms with Gasteiger partial charge in [0.25, 0.3) is 0 Å². The van der Waals surface area contributed by atoms with Gasteiger partial charge in [0.15, 0.2) is 6.26 Å².